The molecule has 0 atom stereocenters. The number of amides is 2. The van der Waals surface area contributed by atoms with Crippen LogP contribution in [0.2, 0.25) is 0 Å². The number of carbonyl (C=O) groups excluding carboxylic acids is 2. The van der Waals surface area contributed by atoms with E-state index in [0.29, 0.717) is 17.1 Å². The molecule has 3 rings (SSSR count). The van der Waals surface area contributed by atoms with Gasteiger partial charge in [0, 0.05) is 11.6 Å². The zero-order valence-electron chi connectivity index (χ0n) is 15.0. The molecule has 0 fully saturated rings. The zero-order chi connectivity index (χ0) is 20.6. The van der Waals surface area contributed by atoms with E-state index in [4.69, 9.17) is 4.74 Å². The van der Waals surface area contributed by atoms with Crippen LogP contribution < -0.4 is 15.4 Å². The van der Waals surface area contributed by atoms with Crippen LogP contribution in [0.1, 0.15) is 20.8 Å². The number of alkyl halides is 2. The molecule has 7 nitrogen and oxygen atoms in total. The minimum atomic E-state index is -2.64. The van der Waals surface area contributed by atoms with Crippen molar-refractivity contribution < 1.29 is 23.1 Å². The van der Waals surface area contributed by atoms with E-state index in [0.717, 1.165) is 0 Å². The molecule has 0 aliphatic heterocycles. The monoisotopic (exact) mass is 398 g/mol. The molecule has 0 bridgehead atoms. The summed E-state index contributed by atoms with van der Waals surface area (Å²) in [7, 11) is 0. The van der Waals surface area contributed by atoms with Gasteiger partial charge in [-0.3, -0.25) is 9.59 Å². The van der Waals surface area contributed by atoms with Crippen molar-refractivity contribution >= 4 is 23.3 Å². The Balaban J connectivity index is 1.60. The Hall–Kier alpha value is -3.88. The van der Waals surface area contributed by atoms with Crippen molar-refractivity contribution in [2.24, 2.45) is 0 Å². The number of hydrogen-bond donors (Lipinski definition) is 2. The molecule has 148 valence electrons. The van der Waals surface area contributed by atoms with Crippen LogP contribution in [0.15, 0.2) is 66.9 Å². The van der Waals surface area contributed by atoms with Crippen molar-refractivity contribution in [1.29, 1.82) is 0 Å². The molecular formula is C20H16F2N4O3. The van der Waals surface area contributed by atoms with Gasteiger partial charge in [-0.1, -0.05) is 24.3 Å². The van der Waals surface area contributed by atoms with Crippen LogP contribution in [0.5, 0.6) is 5.88 Å². The van der Waals surface area contributed by atoms with Gasteiger partial charge in [-0.15, -0.1) is 0 Å². The van der Waals surface area contributed by atoms with E-state index < -0.39 is 18.9 Å². The lowest BCUT2D eigenvalue weighted by molar-refractivity contribution is 0.0793. The Bertz CT molecular complexity index is 983. The highest BCUT2D eigenvalue weighted by atomic mass is 19.3. The van der Waals surface area contributed by atoms with Gasteiger partial charge >= 0.3 is 0 Å². The number of aromatic nitrogens is 2. The zero-order valence-corrected chi connectivity index (χ0v) is 15.0. The third kappa shape index (κ3) is 5.80. The van der Waals surface area contributed by atoms with Crippen molar-refractivity contribution in [2.75, 3.05) is 17.2 Å². The highest BCUT2D eigenvalue weighted by Gasteiger charge is 2.11. The first-order valence-corrected chi connectivity index (χ1v) is 8.53. The van der Waals surface area contributed by atoms with Crippen LogP contribution in [0.3, 0.4) is 0 Å². The van der Waals surface area contributed by atoms with E-state index in [1.807, 2.05) is 6.07 Å². The molecule has 0 radical (unpaired) electrons. The summed E-state index contributed by atoms with van der Waals surface area (Å²) in [6.07, 6.45) is -1.27. The lowest BCUT2D eigenvalue weighted by Crippen LogP contribution is -2.16. The van der Waals surface area contributed by atoms with E-state index in [-0.39, 0.29) is 17.5 Å². The first-order valence-electron chi connectivity index (χ1n) is 8.53. The summed E-state index contributed by atoms with van der Waals surface area (Å²) in [6, 6.07) is 16.0. The molecule has 0 saturated heterocycles. The number of rotatable bonds is 7. The van der Waals surface area contributed by atoms with E-state index >= 15 is 0 Å². The molecule has 29 heavy (non-hydrogen) atoms. The first-order chi connectivity index (χ1) is 14.0. The number of ether oxygens (including phenoxy) is 1. The number of halogens is 2. The molecule has 2 aromatic heterocycles. The first kappa shape index (κ1) is 19.9. The molecule has 0 unspecified atom stereocenters. The van der Waals surface area contributed by atoms with Gasteiger partial charge in [0.2, 0.25) is 5.88 Å². The third-order valence-electron chi connectivity index (χ3n) is 3.61. The maximum atomic E-state index is 12.3. The molecule has 2 heterocycles. The molecule has 9 heteroatoms. The Kier molecular flexibility index (Phi) is 6.41. The highest BCUT2D eigenvalue weighted by molar-refractivity contribution is 6.04. The summed E-state index contributed by atoms with van der Waals surface area (Å²) < 4.78 is 29.2. The highest BCUT2D eigenvalue weighted by Crippen LogP contribution is 2.14. The number of nitrogens with zero attached hydrogens (tertiary/aromatic N) is 2. The second-order valence-electron chi connectivity index (χ2n) is 5.77. The Labute approximate surface area is 164 Å². The van der Waals surface area contributed by atoms with E-state index in [9.17, 15) is 18.4 Å². The number of carbonyl (C=O) groups is 2. The molecule has 0 spiro atoms. The van der Waals surface area contributed by atoms with Crippen LogP contribution in [-0.4, -0.2) is 34.8 Å². The maximum absolute atomic E-state index is 12.3. The number of hydrogen-bond acceptors (Lipinski definition) is 5. The van der Waals surface area contributed by atoms with Crippen molar-refractivity contribution in [2.45, 2.75) is 6.43 Å². The van der Waals surface area contributed by atoms with Crippen LogP contribution in [0.4, 0.5) is 20.3 Å². The molecule has 0 aliphatic rings. The summed E-state index contributed by atoms with van der Waals surface area (Å²) in [5.41, 5.74) is 0.860. The van der Waals surface area contributed by atoms with Gasteiger partial charge in [-0.25, -0.2) is 18.7 Å². The average Bonchev–Trinajstić information content (AvgIpc) is 2.74. The fourth-order valence-corrected chi connectivity index (χ4v) is 2.28. The smallest absolute Gasteiger partial charge is 0.274 e. The molecule has 0 aliphatic carbocycles. The lowest BCUT2D eigenvalue weighted by Gasteiger charge is -2.08. The molecule has 2 N–H and O–H groups in total. The van der Waals surface area contributed by atoms with Gasteiger partial charge in [-0.2, -0.15) is 0 Å². The topological polar surface area (TPSA) is 93.2 Å². The minimum absolute atomic E-state index is 0.00165. The fraction of sp³-hybridized carbons (Fsp3) is 0.100. The van der Waals surface area contributed by atoms with Crippen molar-refractivity contribution in [1.82, 2.24) is 9.97 Å². The Morgan fingerprint density at radius 3 is 2.41 bits per heavy atom. The van der Waals surface area contributed by atoms with Crippen molar-refractivity contribution in [3.8, 4) is 5.88 Å². The minimum Gasteiger partial charge on any atom is -0.472 e. The maximum Gasteiger partial charge on any atom is 0.274 e. The van der Waals surface area contributed by atoms with Gasteiger partial charge in [0.05, 0.1) is 11.9 Å². The van der Waals surface area contributed by atoms with Gasteiger partial charge in [0.15, 0.2) is 6.61 Å². The standard InChI is InChI=1S/C20H16F2N4O3/c21-16(22)12-29-18-8-4-7-15(25-18)20(28)24-14-9-10-17(23-11-14)26-19(27)13-5-2-1-3-6-13/h1-11,16H,12H2,(H,24,28)(H,23,26,27). The molecule has 1 aromatic carbocycles. The van der Waals surface area contributed by atoms with Crippen molar-refractivity contribution in [3.63, 3.8) is 0 Å². The van der Waals surface area contributed by atoms with E-state index in [1.54, 1.807) is 30.3 Å². The lowest BCUT2D eigenvalue weighted by atomic mass is 10.2. The van der Waals surface area contributed by atoms with Crippen LogP contribution in [0, 0.1) is 0 Å². The summed E-state index contributed by atoms with van der Waals surface area (Å²) in [5.74, 6) is -0.623. The normalized spacial score (nSPS) is 10.4. The van der Waals surface area contributed by atoms with Gasteiger partial charge in [0.25, 0.3) is 18.2 Å². The van der Waals surface area contributed by atoms with E-state index in [1.165, 1.54) is 30.5 Å². The Morgan fingerprint density at radius 2 is 1.72 bits per heavy atom. The Morgan fingerprint density at radius 1 is 0.931 bits per heavy atom. The average molecular weight is 398 g/mol. The number of pyridine rings is 2. The van der Waals surface area contributed by atoms with Gasteiger partial charge in [0.1, 0.15) is 11.5 Å². The summed E-state index contributed by atoms with van der Waals surface area (Å²) in [6.45, 7) is -0.807. The number of nitrogens with one attached hydrogen (secondary N) is 2. The van der Waals surface area contributed by atoms with Gasteiger partial charge in [-0.05, 0) is 30.3 Å². The quantitative estimate of drug-likeness (QED) is 0.634. The van der Waals surface area contributed by atoms with E-state index in [2.05, 4.69) is 20.6 Å². The van der Waals surface area contributed by atoms with Crippen LogP contribution in [-0.2, 0) is 0 Å². The van der Waals surface area contributed by atoms with Crippen LogP contribution in [0.25, 0.3) is 0 Å². The SMILES string of the molecule is O=C(Nc1ccc(NC(=O)c2cccc(OCC(F)F)n2)cn1)c1ccccc1. The number of benzene rings is 1. The summed E-state index contributed by atoms with van der Waals surface area (Å²) in [5, 5.41) is 5.23. The largest absolute Gasteiger partial charge is 0.472 e. The second kappa shape index (κ2) is 9.36. The summed E-state index contributed by atoms with van der Waals surface area (Å²) >= 11 is 0. The third-order valence-corrected chi connectivity index (χ3v) is 3.61. The van der Waals surface area contributed by atoms with Gasteiger partial charge < -0.3 is 15.4 Å². The molecule has 0 saturated carbocycles. The molecule has 2 amide bonds. The molecule has 3 aromatic rings. The second-order valence-corrected chi connectivity index (χ2v) is 5.77. The van der Waals surface area contributed by atoms with Crippen LogP contribution >= 0.6 is 0 Å². The molecular weight excluding hydrogens is 382 g/mol. The fourth-order valence-electron chi connectivity index (χ4n) is 2.28. The predicted octanol–water partition coefficient (Wildman–Crippen LogP) is 3.63. The summed E-state index contributed by atoms with van der Waals surface area (Å²) in [4.78, 5) is 32.3. The predicted molar refractivity (Wildman–Crippen MR) is 102 cm³/mol. The number of anilines is 2. The van der Waals surface area contributed by atoms with Crippen molar-refractivity contribution in [3.05, 3.63) is 78.1 Å².